The van der Waals surface area contributed by atoms with Gasteiger partial charge in [-0.3, -0.25) is 4.79 Å². The van der Waals surface area contributed by atoms with Gasteiger partial charge in [0.25, 0.3) is 5.91 Å². The van der Waals surface area contributed by atoms with Gasteiger partial charge >= 0.3 is 5.97 Å². The highest BCUT2D eigenvalue weighted by molar-refractivity contribution is 9.10. The molecule has 0 aliphatic heterocycles. The van der Waals surface area contributed by atoms with Crippen LogP contribution in [-0.2, 0) is 9.53 Å². The van der Waals surface area contributed by atoms with Gasteiger partial charge in [-0.25, -0.2) is 4.79 Å². The van der Waals surface area contributed by atoms with Crippen molar-refractivity contribution in [3.8, 4) is 5.75 Å². The van der Waals surface area contributed by atoms with E-state index < -0.39 is 12.1 Å². The predicted octanol–water partition coefficient (Wildman–Crippen LogP) is 2.14. The molecule has 6 heteroatoms. The van der Waals surface area contributed by atoms with Crippen LogP contribution in [0.1, 0.15) is 24.2 Å². The summed E-state index contributed by atoms with van der Waals surface area (Å²) in [4.78, 5) is 23.3. The lowest BCUT2D eigenvalue weighted by atomic mass is 10.2. The minimum absolute atomic E-state index is 0.316. The van der Waals surface area contributed by atoms with E-state index in [1.807, 2.05) is 0 Å². The van der Waals surface area contributed by atoms with E-state index in [9.17, 15) is 9.59 Å². The van der Waals surface area contributed by atoms with Crippen molar-refractivity contribution in [1.82, 2.24) is 5.32 Å². The Kier molecular flexibility index (Phi) is 5.82. The summed E-state index contributed by atoms with van der Waals surface area (Å²) in [6.45, 7) is 3.82. The number of amides is 1. The summed E-state index contributed by atoms with van der Waals surface area (Å²) >= 11 is 3.28. The van der Waals surface area contributed by atoms with Gasteiger partial charge < -0.3 is 14.8 Å². The van der Waals surface area contributed by atoms with E-state index in [1.165, 1.54) is 14.0 Å². The Balaban J connectivity index is 2.73. The van der Waals surface area contributed by atoms with Crippen molar-refractivity contribution in [2.75, 3.05) is 13.7 Å². The second-order valence-electron chi connectivity index (χ2n) is 3.79. The van der Waals surface area contributed by atoms with Crippen LogP contribution in [0, 0.1) is 0 Å². The minimum Gasteiger partial charge on any atom is -0.496 e. The number of nitrogens with one attached hydrogen (secondary N) is 1. The Morgan fingerprint density at radius 1 is 1.42 bits per heavy atom. The lowest BCUT2D eigenvalue weighted by molar-refractivity contribution is -0.128. The molecule has 1 atom stereocenters. The van der Waals surface area contributed by atoms with E-state index >= 15 is 0 Å². The lowest BCUT2D eigenvalue weighted by Gasteiger charge is -2.13. The molecule has 104 valence electrons. The molecule has 0 aliphatic rings. The first-order valence-electron chi connectivity index (χ1n) is 5.81. The number of hydrogen-bond acceptors (Lipinski definition) is 4. The van der Waals surface area contributed by atoms with Crippen LogP contribution in [0.3, 0.4) is 0 Å². The van der Waals surface area contributed by atoms with Crippen LogP contribution in [0.4, 0.5) is 0 Å². The molecule has 1 amide bonds. The summed E-state index contributed by atoms with van der Waals surface area (Å²) in [5.74, 6) is -0.251. The molecule has 0 bridgehead atoms. The maximum absolute atomic E-state index is 11.9. The molecule has 0 spiro atoms. The van der Waals surface area contributed by atoms with Crippen LogP contribution in [0.15, 0.2) is 22.7 Å². The summed E-state index contributed by atoms with van der Waals surface area (Å²) in [6.07, 6.45) is -0.826. The topological polar surface area (TPSA) is 64.6 Å². The molecule has 0 aliphatic carbocycles. The van der Waals surface area contributed by atoms with Crippen molar-refractivity contribution in [3.63, 3.8) is 0 Å². The van der Waals surface area contributed by atoms with Crippen molar-refractivity contribution in [3.05, 3.63) is 28.2 Å². The molecule has 5 nitrogen and oxygen atoms in total. The predicted molar refractivity (Wildman–Crippen MR) is 74.3 cm³/mol. The molecule has 0 aromatic heterocycles. The maximum Gasteiger partial charge on any atom is 0.338 e. The molecule has 0 unspecified atom stereocenters. The molecular formula is C13H16BrNO4. The van der Waals surface area contributed by atoms with Crippen molar-refractivity contribution in [2.45, 2.75) is 20.0 Å². The van der Waals surface area contributed by atoms with Gasteiger partial charge in [0, 0.05) is 6.54 Å². The number of methoxy groups -OCH3 is 1. The lowest BCUT2D eigenvalue weighted by Crippen LogP contribution is -2.35. The fraction of sp³-hybridized carbons (Fsp3) is 0.385. The average Bonchev–Trinajstić information content (AvgIpc) is 2.38. The normalized spacial score (nSPS) is 11.6. The number of rotatable bonds is 5. The van der Waals surface area contributed by atoms with Gasteiger partial charge in [-0.1, -0.05) is 0 Å². The van der Waals surface area contributed by atoms with Crippen molar-refractivity contribution in [2.24, 2.45) is 0 Å². The van der Waals surface area contributed by atoms with Gasteiger partial charge in [0.2, 0.25) is 0 Å². The van der Waals surface area contributed by atoms with E-state index in [4.69, 9.17) is 9.47 Å². The van der Waals surface area contributed by atoms with E-state index in [0.717, 1.165) is 0 Å². The fourth-order valence-corrected chi connectivity index (χ4v) is 1.93. The zero-order chi connectivity index (χ0) is 14.4. The number of halogens is 1. The molecule has 0 fully saturated rings. The molecule has 1 aromatic carbocycles. The molecule has 0 saturated carbocycles. The maximum atomic E-state index is 11.9. The summed E-state index contributed by atoms with van der Waals surface area (Å²) < 4.78 is 10.8. The number of carbonyl (C=O) groups excluding carboxylic acids is 2. The summed E-state index contributed by atoms with van der Waals surface area (Å²) in [6, 6.07) is 4.82. The average molecular weight is 330 g/mol. The van der Waals surface area contributed by atoms with Crippen LogP contribution >= 0.6 is 15.9 Å². The van der Waals surface area contributed by atoms with E-state index in [0.29, 0.717) is 22.3 Å². The van der Waals surface area contributed by atoms with Gasteiger partial charge in [-0.05, 0) is 48.0 Å². The Morgan fingerprint density at radius 3 is 2.63 bits per heavy atom. The number of hydrogen-bond donors (Lipinski definition) is 1. The number of esters is 1. The second-order valence-corrected chi connectivity index (χ2v) is 4.65. The number of likely N-dealkylation sites (N-methyl/N-ethyl adjacent to an activating group) is 1. The van der Waals surface area contributed by atoms with Gasteiger partial charge in [-0.15, -0.1) is 0 Å². The molecular weight excluding hydrogens is 314 g/mol. The molecule has 19 heavy (non-hydrogen) atoms. The summed E-state index contributed by atoms with van der Waals surface area (Å²) in [5, 5.41) is 2.59. The fourth-order valence-electron chi connectivity index (χ4n) is 1.39. The molecule has 0 saturated heterocycles. The SMILES string of the molecule is CCNC(=O)[C@@H](C)OC(=O)c1ccc(OC)c(Br)c1. The molecule has 1 N–H and O–H groups in total. The van der Waals surface area contributed by atoms with Crippen LogP contribution in [0.25, 0.3) is 0 Å². The highest BCUT2D eigenvalue weighted by Crippen LogP contribution is 2.25. The van der Waals surface area contributed by atoms with Crippen LogP contribution in [-0.4, -0.2) is 31.6 Å². The molecule has 1 rings (SSSR count). The van der Waals surface area contributed by atoms with E-state index in [-0.39, 0.29) is 5.91 Å². The van der Waals surface area contributed by atoms with Crippen molar-refractivity contribution < 1.29 is 19.1 Å². The third-order valence-electron chi connectivity index (χ3n) is 2.39. The Labute approximate surface area is 120 Å². The Bertz CT molecular complexity index is 476. The highest BCUT2D eigenvalue weighted by atomic mass is 79.9. The van der Waals surface area contributed by atoms with E-state index in [2.05, 4.69) is 21.2 Å². The van der Waals surface area contributed by atoms with Crippen molar-refractivity contribution in [1.29, 1.82) is 0 Å². The largest absolute Gasteiger partial charge is 0.496 e. The van der Waals surface area contributed by atoms with Gasteiger partial charge in [-0.2, -0.15) is 0 Å². The first-order chi connectivity index (χ1) is 8.99. The third-order valence-corrected chi connectivity index (χ3v) is 3.01. The number of benzene rings is 1. The molecule has 1 aromatic rings. The summed E-state index contributed by atoms with van der Waals surface area (Å²) in [5.41, 5.74) is 0.351. The third kappa shape index (κ3) is 4.24. The number of carbonyl (C=O) groups is 2. The number of ether oxygens (including phenoxy) is 2. The molecule has 0 heterocycles. The van der Waals surface area contributed by atoms with Crippen LogP contribution in [0.2, 0.25) is 0 Å². The molecule has 0 radical (unpaired) electrons. The zero-order valence-corrected chi connectivity index (χ0v) is 12.6. The first kappa shape index (κ1) is 15.5. The standard InChI is InChI=1S/C13H16BrNO4/c1-4-15-12(16)8(2)19-13(17)9-5-6-11(18-3)10(14)7-9/h5-8H,4H2,1-3H3,(H,15,16)/t8-/m1/s1. The van der Waals surface area contributed by atoms with Gasteiger partial charge in [0.05, 0.1) is 17.1 Å². The van der Waals surface area contributed by atoms with Crippen molar-refractivity contribution >= 4 is 27.8 Å². The van der Waals surface area contributed by atoms with Gasteiger partial charge in [0.15, 0.2) is 6.10 Å². The first-order valence-corrected chi connectivity index (χ1v) is 6.61. The monoisotopic (exact) mass is 329 g/mol. The Hall–Kier alpha value is -1.56. The second kappa shape index (κ2) is 7.13. The zero-order valence-electron chi connectivity index (χ0n) is 11.0. The highest BCUT2D eigenvalue weighted by Gasteiger charge is 2.18. The van der Waals surface area contributed by atoms with Crippen LogP contribution < -0.4 is 10.1 Å². The Morgan fingerprint density at radius 2 is 2.11 bits per heavy atom. The van der Waals surface area contributed by atoms with Gasteiger partial charge in [0.1, 0.15) is 5.75 Å². The smallest absolute Gasteiger partial charge is 0.338 e. The quantitative estimate of drug-likeness (QED) is 0.840. The summed E-state index contributed by atoms with van der Waals surface area (Å²) in [7, 11) is 1.54. The minimum atomic E-state index is -0.826. The van der Waals surface area contributed by atoms with E-state index in [1.54, 1.807) is 25.1 Å². The van der Waals surface area contributed by atoms with Crippen LogP contribution in [0.5, 0.6) is 5.75 Å².